The van der Waals surface area contributed by atoms with Crippen LogP contribution in [0.2, 0.25) is 10.0 Å². The van der Waals surface area contributed by atoms with Crippen LogP contribution in [0.25, 0.3) is 5.69 Å². The molecule has 0 aliphatic carbocycles. The van der Waals surface area contributed by atoms with E-state index >= 15 is 0 Å². The van der Waals surface area contributed by atoms with Gasteiger partial charge >= 0.3 is 0 Å². The Bertz CT molecular complexity index is 1030. The number of piperazine rings is 1. The fourth-order valence-corrected chi connectivity index (χ4v) is 5.94. The molecule has 1 aromatic carbocycles. The highest BCUT2D eigenvalue weighted by Gasteiger charge is 2.34. The lowest BCUT2D eigenvalue weighted by atomic mass is 10.2. The summed E-state index contributed by atoms with van der Waals surface area (Å²) in [4.78, 5) is 16.9. The Kier molecular flexibility index (Phi) is 5.39. The molecule has 28 heavy (non-hydrogen) atoms. The summed E-state index contributed by atoms with van der Waals surface area (Å²) in [5.41, 5.74) is 0.816. The first-order valence-electron chi connectivity index (χ1n) is 9.07. The van der Waals surface area contributed by atoms with Gasteiger partial charge in [0.05, 0.1) is 29.1 Å². The summed E-state index contributed by atoms with van der Waals surface area (Å²) in [6, 6.07) is 6.89. The van der Waals surface area contributed by atoms with Crippen LogP contribution in [0.3, 0.4) is 0 Å². The molecule has 1 aromatic heterocycles. The van der Waals surface area contributed by atoms with E-state index in [9.17, 15) is 13.2 Å². The summed E-state index contributed by atoms with van der Waals surface area (Å²) in [6.45, 7) is 2.80. The number of anilines is 1. The van der Waals surface area contributed by atoms with Gasteiger partial charge in [-0.05, 0) is 30.7 Å². The predicted octanol–water partition coefficient (Wildman–Crippen LogP) is 1.85. The van der Waals surface area contributed by atoms with Crippen LogP contribution in [0.5, 0.6) is 0 Å². The lowest BCUT2D eigenvalue weighted by Crippen LogP contribution is -2.51. The standard InChI is InChI=1S/C18H20Cl2N4O3S/c19-13-1-3-14(4-2-13)24-18(25)17(20)16(11-21-24)23-8-6-22(7-9-23)15-5-10-28(26,27)12-15/h1-4,11,15H,5-10,12H2. The zero-order valence-corrected chi connectivity index (χ0v) is 17.4. The van der Waals surface area contributed by atoms with Gasteiger partial charge in [-0.2, -0.15) is 9.78 Å². The summed E-state index contributed by atoms with van der Waals surface area (Å²) >= 11 is 12.3. The monoisotopic (exact) mass is 442 g/mol. The van der Waals surface area contributed by atoms with Crippen molar-refractivity contribution in [3.05, 3.63) is 50.9 Å². The first kappa shape index (κ1) is 19.7. The normalized spacial score (nSPS) is 22.5. The number of nitrogens with zero attached hydrogens (tertiary/aromatic N) is 4. The Morgan fingerprint density at radius 1 is 1.04 bits per heavy atom. The molecule has 4 rings (SSSR count). The van der Waals surface area contributed by atoms with E-state index in [1.165, 1.54) is 4.68 Å². The van der Waals surface area contributed by atoms with Gasteiger partial charge < -0.3 is 4.90 Å². The quantitative estimate of drug-likeness (QED) is 0.721. The van der Waals surface area contributed by atoms with Crippen LogP contribution < -0.4 is 10.5 Å². The van der Waals surface area contributed by atoms with Crippen LogP contribution in [0.1, 0.15) is 6.42 Å². The van der Waals surface area contributed by atoms with E-state index in [1.54, 1.807) is 30.5 Å². The van der Waals surface area contributed by atoms with E-state index in [4.69, 9.17) is 23.2 Å². The third kappa shape index (κ3) is 3.91. The average Bonchev–Trinajstić information content (AvgIpc) is 3.05. The highest BCUT2D eigenvalue weighted by molar-refractivity contribution is 7.91. The van der Waals surface area contributed by atoms with Crippen molar-refractivity contribution in [2.75, 3.05) is 42.6 Å². The van der Waals surface area contributed by atoms with Gasteiger partial charge in [-0.1, -0.05) is 23.2 Å². The van der Waals surface area contributed by atoms with Crippen molar-refractivity contribution in [1.82, 2.24) is 14.7 Å². The number of hydrogen-bond donors (Lipinski definition) is 0. The summed E-state index contributed by atoms with van der Waals surface area (Å²) in [7, 11) is -2.90. The second-order valence-electron chi connectivity index (χ2n) is 7.12. The van der Waals surface area contributed by atoms with E-state index in [0.29, 0.717) is 35.9 Å². The van der Waals surface area contributed by atoms with Crippen LogP contribution in [0, 0.1) is 0 Å². The van der Waals surface area contributed by atoms with Gasteiger partial charge in [-0.25, -0.2) is 8.42 Å². The van der Waals surface area contributed by atoms with Crippen LogP contribution in [-0.4, -0.2) is 66.8 Å². The average molecular weight is 443 g/mol. The molecule has 10 heteroatoms. The predicted molar refractivity (Wildman–Crippen MR) is 111 cm³/mol. The Morgan fingerprint density at radius 2 is 1.71 bits per heavy atom. The largest absolute Gasteiger partial charge is 0.366 e. The van der Waals surface area contributed by atoms with Gasteiger partial charge in [0.1, 0.15) is 5.02 Å². The van der Waals surface area contributed by atoms with Gasteiger partial charge in [-0.3, -0.25) is 9.69 Å². The van der Waals surface area contributed by atoms with Gasteiger partial charge in [-0.15, -0.1) is 0 Å². The van der Waals surface area contributed by atoms with E-state index in [2.05, 4.69) is 10.00 Å². The molecule has 0 spiro atoms. The van der Waals surface area contributed by atoms with E-state index < -0.39 is 9.84 Å². The van der Waals surface area contributed by atoms with Crippen molar-refractivity contribution in [3.8, 4) is 5.69 Å². The first-order valence-corrected chi connectivity index (χ1v) is 11.6. The van der Waals surface area contributed by atoms with Crippen LogP contribution in [0.15, 0.2) is 35.3 Å². The zero-order chi connectivity index (χ0) is 19.9. The molecule has 2 aliphatic rings. The molecular formula is C18H20Cl2N4O3S. The number of hydrogen-bond acceptors (Lipinski definition) is 6. The summed E-state index contributed by atoms with van der Waals surface area (Å²) in [5, 5.41) is 4.97. The van der Waals surface area contributed by atoms with Crippen molar-refractivity contribution in [3.63, 3.8) is 0 Å². The summed E-state index contributed by atoms with van der Waals surface area (Å²) in [6.07, 6.45) is 2.30. The third-order valence-corrected chi connectivity index (χ3v) is 7.71. The second-order valence-corrected chi connectivity index (χ2v) is 10.2. The molecular weight excluding hydrogens is 423 g/mol. The zero-order valence-electron chi connectivity index (χ0n) is 15.1. The highest BCUT2D eigenvalue weighted by Crippen LogP contribution is 2.25. The fraction of sp³-hybridized carbons (Fsp3) is 0.444. The molecule has 3 heterocycles. The topological polar surface area (TPSA) is 75.5 Å². The molecule has 1 atom stereocenters. The number of sulfone groups is 1. The molecule has 0 saturated carbocycles. The Hall–Kier alpha value is -1.61. The van der Waals surface area contributed by atoms with Crippen LogP contribution in [-0.2, 0) is 9.84 Å². The lowest BCUT2D eigenvalue weighted by molar-refractivity contribution is 0.200. The van der Waals surface area contributed by atoms with Crippen molar-refractivity contribution in [2.24, 2.45) is 0 Å². The Labute approximate surface area is 173 Å². The molecule has 0 radical (unpaired) electrons. The number of aromatic nitrogens is 2. The Balaban J connectivity index is 1.49. The number of rotatable bonds is 3. The maximum atomic E-state index is 12.7. The van der Waals surface area contributed by atoms with E-state index in [1.807, 2.05) is 4.90 Å². The molecule has 0 amide bonds. The highest BCUT2D eigenvalue weighted by atomic mass is 35.5. The maximum absolute atomic E-state index is 12.7. The second kappa shape index (κ2) is 7.67. The fourth-order valence-electron chi connectivity index (χ4n) is 3.80. The first-order chi connectivity index (χ1) is 13.3. The smallest absolute Gasteiger partial charge is 0.292 e. The number of benzene rings is 1. The minimum absolute atomic E-state index is 0.0960. The minimum atomic E-state index is -2.90. The van der Waals surface area contributed by atoms with Gasteiger partial charge in [0.25, 0.3) is 5.56 Å². The maximum Gasteiger partial charge on any atom is 0.292 e. The van der Waals surface area contributed by atoms with Gasteiger partial charge in [0, 0.05) is 37.2 Å². The van der Waals surface area contributed by atoms with Crippen molar-refractivity contribution in [1.29, 1.82) is 0 Å². The Morgan fingerprint density at radius 3 is 2.32 bits per heavy atom. The van der Waals surface area contributed by atoms with Crippen molar-refractivity contribution in [2.45, 2.75) is 12.5 Å². The molecule has 2 aliphatic heterocycles. The molecule has 1 unspecified atom stereocenters. The molecule has 2 saturated heterocycles. The lowest BCUT2D eigenvalue weighted by Gasteiger charge is -2.38. The van der Waals surface area contributed by atoms with Crippen molar-refractivity contribution >= 4 is 38.7 Å². The van der Waals surface area contributed by atoms with E-state index in [0.717, 1.165) is 13.1 Å². The molecule has 2 fully saturated rings. The van der Waals surface area contributed by atoms with E-state index in [-0.39, 0.29) is 28.1 Å². The SMILES string of the molecule is O=c1c(Cl)c(N2CCN(C3CCS(=O)(=O)C3)CC2)cnn1-c1ccc(Cl)cc1. The molecule has 2 aromatic rings. The van der Waals surface area contributed by atoms with Crippen LogP contribution in [0.4, 0.5) is 5.69 Å². The van der Waals surface area contributed by atoms with Crippen molar-refractivity contribution < 1.29 is 8.42 Å². The van der Waals surface area contributed by atoms with Gasteiger partial charge in [0.2, 0.25) is 0 Å². The molecule has 150 valence electrons. The minimum Gasteiger partial charge on any atom is -0.366 e. The number of halogens is 2. The third-order valence-electron chi connectivity index (χ3n) is 5.35. The summed E-state index contributed by atoms with van der Waals surface area (Å²) < 4.78 is 24.7. The van der Waals surface area contributed by atoms with Crippen LogP contribution >= 0.6 is 23.2 Å². The molecule has 7 nitrogen and oxygen atoms in total. The summed E-state index contributed by atoms with van der Waals surface area (Å²) in [5.74, 6) is 0.517. The molecule has 0 N–H and O–H groups in total. The molecule has 0 bridgehead atoms. The van der Waals surface area contributed by atoms with Gasteiger partial charge in [0.15, 0.2) is 9.84 Å².